The molecular weight excluding hydrogens is 325 g/mol. The van der Waals surface area contributed by atoms with E-state index < -0.39 is 17.6 Å². The predicted molar refractivity (Wildman–Crippen MR) is 88.2 cm³/mol. The van der Waals surface area contributed by atoms with Crippen molar-refractivity contribution < 1.29 is 19.4 Å². The summed E-state index contributed by atoms with van der Waals surface area (Å²) in [6.07, 6.45) is 2.05. The van der Waals surface area contributed by atoms with Gasteiger partial charge in [-0.2, -0.15) is 5.10 Å². The Labute approximate surface area is 144 Å². The number of piperidine rings is 1. The van der Waals surface area contributed by atoms with E-state index in [0.29, 0.717) is 49.2 Å². The Balaban J connectivity index is 1.53. The number of H-pyrrole nitrogens is 1. The number of aromatic amines is 1. The van der Waals surface area contributed by atoms with Gasteiger partial charge in [0.25, 0.3) is 5.91 Å². The number of carbonyl (C=O) groups excluding carboxylic acids is 1. The van der Waals surface area contributed by atoms with E-state index in [4.69, 9.17) is 0 Å². The molecular formula is C18H20FN3O3. The Kier molecular flexibility index (Phi) is 3.85. The number of aliphatic hydroxyl groups is 2. The molecule has 2 atom stereocenters. The first-order chi connectivity index (χ1) is 12.0. The third-order valence-electron chi connectivity index (χ3n) is 5.74. The van der Waals surface area contributed by atoms with E-state index in [1.165, 1.54) is 18.3 Å². The summed E-state index contributed by atoms with van der Waals surface area (Å²) in [4.78, 5) is 14.6. The molecule has 3 N–H and O–H groups in total. The summed E-state index contributed by atoms with van der Waals surface area (Å²) >= 11 is 0. The van der Waals surface area contributed by atoms with Gasteiger partial charge in [-0.25, -0.2) is 4.39 Å². The Bertz CT molecular complexity index is 788. The molecule has 1 amide bonds. The van der Waals surface area contributed by atoms with Crippen LogP contribution in [0.4, 0.5) is 4.39 Å². The second-order valence-electron chi connectivity index (χ2n) is 6.96. The van der Waals surface area contributed by atoms with E-state index in [-0.39, 0.29) is 11.7 Å². The number of hydrogen-bond acceptors (Lipinski definition) is 4. The van der Waals surface area contributed by atoms with Crippen LogP contribution in [0.15, 0.2) is 30.5 Å². The summed E-state index contributed by atoms with van der Waals surface area (Å²) in [7, 11) is 0. The molecule has 0 radical (unpaired) electrons. The molecule has 0 bridgehead atoms. The molecule has 4 rings (SSSR count). The van der Waals surface area contributed by atoms with Gasteiger partial charge < -0.3 is 15.1 Å². The van der Waals surface area contributed by atoms with Crippen molar-refractivity contribution in [2.45, 2.75) is 31.5 Å². The van der Waals surface area contributed by atoms with Crippen molar-refractivity contribution in [1.29, 1.82) is 0 Å². The van der Waals surface area contributed by atoms with Gasteiger partial charge in [0.15, 0.2) is 0 Å². The van der Waals surface area contributed by atoms with Gasteiger partial charge in [-0.1, -0.05) is 12.1 Å². The highest BCUT2D eigenvalue weighted by molar-refractivity contribution is 5.99. The van der Waals surface area contributed by atoms with Crippen LogP contribution in [0.3, 0.4) is 0 Å². The number of aromatic nitrogens is 2. The lowest BCUT2D eigenvalue weighted by molar-refractivity contribution is -0.187. The zero-order valence-corrected chi connectivity index (χ0v) is 13.7. The van der Waals surface area contributed by atoms with E-state index in [1.807, 2.05) is 0 Å². The maximum Gasteiger partial charge on any atom is 0.257 e. The van der Waals surface area contributed by atoms with Crippen LogP contribution < -0.4 is 0 Å². The molecule has 132 valence electrons. The highest BCUT2D eigenvalue weighted by Crippen LogP contribution is 2.49. The maximum atomic E-state index is 13.5. The lowest BCUT2D eigenvalue weighted by atomic mass is 9.58. The standard InChI is InChI=1S/C18H20FN3O3/c19-12-3-1-2-11(8-12)16-13(10-20-21-16)17(25)22-6-4-18(5-7-22)14(23)9-15(18)24/h1-3,8,10,14-15,23-24H,4-7,9H2,(H,20,21)/t14-,15+. The number of hydrogen-bond donors (Lipinski definition) is 3. The molecule has 0 unspecified atom stereocenters. The number of benzene rings is 1. The fraction of sp³-hybridized carbons (Fsp3) is 0.444. The van der Waals surface area contributed by atoms with E-state index in [9.17, 15) is 19.4 Å². The summed E-state index contributed by atoms with van der Waals surface area (Å²) in [6, 6.07) is 6.01. The number of rotatable bonds is 2. The van der Waals surface area contributed by atoms with Gasteiger partial charge in [0.1, 0.15) is 5.82 Å². The largest absolute Gasteiger partial charge is 0.392 e. The normalized spacial score (nSPS) is 25.0. The molecule has 1 aliphatic heterocycles. The van der Waals surface area contributed by atoms with E-state index >= 15 is 0 Å². The first-order valence-corrected chi connectivity index (χ1v) is 8.46. The third kappa shape index (κ3) is 2.54. The zero-order chi connectivity index (χ0) is 17.6. The van der Waals surface area contributed by atoms with E-state index in [1.54, 1.807) is 17.0 Å². The van der Waals surface area contributed by atoms with Crippen LogP contribution >= 0.6 is 0 Å². The molecule has 1 spiro atoms. The molecule has 1 aliphatic carbocycles. The summed E-state index contributed by atoms with van der Waals surface area (Å²) in [6.45, 7) is 0.946. The molecule has 1 aromatic carbocycles. The molecule has 1 aromatic heterocycles. The second-order valence-corrected chi connectivity index (χ2v) is 6.96. The fourth-order valence-electron chi connectivity index (χ4n) is 4.02. The minimum absolute atomic E-state index is 0.175. The van der Waals surface area contributed by atoms with Gasteiger partial charge in [0, 0.05) is 30.5 Å². The molecule has 7 heteroatoms. The molecule has 2 fully saturated rings. The maximum absolute atomic E-state index is 13.5. The topological polar surface area (TPSA) is 89.5 Å². The number of nitrogens with one attached hydrogen (secondary N) is 1. The van der Waals surface area contributed by atoms with Crippen LogP contribution in [0.2, 0.25) is 0 Å². The predicted octanol–water partition coefficient (Wildman–Crippen LogP) is 1.56. The monoisotopic (exact) mass is 345 g/mol. The number of amides is 1. The summed E-state index contributed by atoms with van der Waals surface area (Å²) < 4.78 is 13.5. The van der Waals surface area contributed by atoms with Crippen LogP contribution in [-0.2, 0) is 0 Å². The highest BCUT2D eigenvalue weighted by atomic mass is 19.1. The average molecular weight is 345 g/mol. The molecule has 1 saturated heterocycles. The van der Waals surface area contributed by atoms with Crippen LogP contribution in [-0.4, -0.2) is 56.5 Å². The highest BCUT2D eigenvalue weighted by Gasteiger charge is 2.55. The number of nitrogens with zero attached hydrogens (tertiary/aromatic N) is 2. The van der Waals surface area contributed by atoms with Crippen molar-refractivity contribution in [1.82, 2.24) is 15.1 Å². The third-order valence-corrected chi connectivity index (χ3v) is 5.74. The first-order valence-electron chi connectivity index (χ1n) is 8.46. The van der Waals surface area contributed by atoms with Gasteiger partial charge in [0.05, 0.1) is 29.7 Å². The summed E-state index contributed by atoms with van der Waals surface area (Å²) in [5.41, 5.74) is 1.00. The smallest absolute Gasteiger partial charge is 0.257 e. The molecule has 6 nitrogen and oxygen atoms in total. The first kappa shape index (κ1) is 16.2. The van der Waals surface area contributed by atoms with E-state index in [0.717, 1.165) is 0 Å². The average Bonchev–Trinajstić information content (AvgIpc) is 3.11. The number of likely N-dealkylation sites (tertiary alicyclic amines) is 1. The number of aliphatic hydroxyl groups excluding tert-OH is 2. The molecule has 25 heavy (non-hydrogen) atoms. The molecule has 2 heterocycles. The quantitative estimate of drug-likeness (QED) is 0.771. The SMILES string of the molecule is O=C(c1cn[nH]c1-c1cccc(F)c1)N1CCC2(CC1)[C@H](O)C[C@@H]2O. The van der Waals surface area contributed by atoms with Crippen LogP contribution in [0.5, 0.6) is 0 Å². The Hall–Kier alpha value is -2.25. The lowest BCUT2D eigenvalue weighted by Gasteiger charge is -2.54. The number of carbonyl (C=O) groups is 1. The Morgan fingerprint density at radius 2 is 2.00 bits per heavy atom. The second kappa shape index (κ2) is 5.93. The van der Waals surface area contributed by atoms with Gasteiger partial charge in [-0.05, 0) is 25.0 Å². The van der Waals surface area contributed by atoms with Crippen LogP contribution in [0.25, 0.3) is 11.3 Å². The van der Waals surface area contributed by atoms with Crippen molar-refractivity contribution in [2.75, 3.05) is 13.1 Å². The van der Waals surface area contributed by atoms with Crippen molar-refractivity contribution in [3.05, 3.63) is 41.8 Å². The van der Waals surface area contributed by atoms with Gasteiger partial charge in [-0.3, -0.25) is 9.89 Å². The lowest BCUT2D eigenvalue weighted by Crippen LogP contribution is -2.61. The van der Waals surface area contributed by atoms with Gasteiger partial charge >= 0.3 is 0 Å². The van der Waals surface area contributed by atoms with Crippen molar-refractivity contribution in [3.63, 3.8) is 0 Å². The number of halogens is 1. The zero-order valence-electron chi connectivity index (χ0n) is 13.7. The van der Waals surface area contributed by atoms with Crippen LogP contribution in [0.1, 0.15) is 29.6 Å². The summed E-state index contributed by atoms with van der Waals surface area (Å²) in [5, 5.41) is 26.7. The Morgan fingerprint density at radius 1 is 1.28 bits per heavy atom. The summed E-state index contributed by atoms with van der Waals surface area (Å²) in [5.74, 6) is -0.551. The van der Waals surface area contributed by atoms with Gasteiger partial charge in [0.2, 0.25) is 0 Å². The van der Waals surface area contributed by atoms with Crippen LogP contribution in [0, 0.1) is 11.2 Å². The molecule has 1 saturated carbocycles. The Morgan fingerprint density at radius 3 is 2.64 bits per heavy atom. The minimum atomic E-state index is -0.489. The van der Waals surface area contributed by atoms with Crippen molar-refractivity contribution in [2.24, 2.45) is 5.41 Å². The minimum Gasteiger partial charge on any atom is -0.392 e. The molecule has 2 aromatic rings. The van der Waals surface area contributed by atoms with Gasteiger partial charge in [-0.15, -0.1) is 0 Å². The fourth-order valence-corrected chi connectivity index (χ4v) is 4.02. The van der Waals surface area contributed by atoms with E-state index in [2.05, 4.69) is 10.2 Å². The van der Waals surface area contributed by atoms with Crippen molar-refractivity contribution >= 4 is 5.91 Å². The van der Waals surface area contributed by atoms with Crippen molar-refractivity contribution in [3.8, 4) is 11.3 Å². The molecule has 2 aliphatic rings.